The van der Waals surface area contributed by atoms with Crippen molar-refractivity contribution in [2.45, 2.75) is 18.4 Å². The van der Waals surface area contributed by atoms with Gasteiger partial charge in [-0.25, -0.2) is 13.1 Å². The molecule has 0 spiro atoms. The Morgan fingerprint density at radius 3 is 2.40 bits per heavy atom. The van der Waals surface area contributed by atoms with Gasteiger partial charge in [-0.1, -0.05) is 47.5 Å². The molecule has 0 atom stereocenters. The zero-order valence-electron chi connectivity index (χ0n) is 10.9. The molecule has 0 aliphatic heterocycles. The van der Waals surface area contributed by atoms with E-state index in [1.54, 1.807) is 6.07 Å². The van der Waals surface area contributed by atoms with Gasteiger partial charge in [0.1, 0.15) is 4.90 Å². The van der Waals surface area contributed by atoms with Gasteiger partial charge in [0.15, 0.2) is 0 Å². The van der Waals surface area contributed by atoms with Crippen molar-refractivity contribution >= 4 is 27.3 Å². The molecule has 2 rings (SSSR count). The summed E-state index contributed by atoms with van der Waals surface area (Å²) in [5.74, 6) is 0. The zero-order valence-corrected chi connectivity index (χ0v) is 12.5. The van der Waals surface area contributed by atoms with Gasteiger partial charge in [0.2, 0.25) is 10.0 Å². The van der Waals surface area contributed by atoms with Crippen LogP contribution in [0.2, 0.25) is 5.02 Å². The summed E-state index contributed by atoms with van der Waals surface area (Å²) in [6, 6.07) is 12.2. The molecule has 106 valence electrons. The maximum atomic E-state index is 12.2. The van der Waals surface area contributed by atoms with Crippen LogP contribution in [0, 0.1) is 6.92 Å². The van der Waals surface area contributed by atoms with Crippen molar-refractivity contribution in [1.82, 2.24) is 4.72 Å². The molecule has 3 N–H and O–H groups in total. The summed E-state index contributed by atoms with van der Waals surface area (Å²) in [7, 11) is -3.74. The number of rotatable bonds is 4. The van der Waals surface area contributed by atoms with E-state index in [1.807, 2.05) is 31.2 Å². The fourth-order valence-electron chi connectivity index (χ4n) is 1.77. The van der Waals surface area contributed by atoms with Crippen LogP contribution in [0.3, 0.4) is 0 Å². The molecule has 6 heteroatoms. The largest absolute Gasteiger partial charge is 0.398 e. The second-order valence-corrected chi connectivity index (χ2v) is 6.58. The van der Waals surface area contributed by atoms with Crippen LogP contribution in [-0.4, -0.2) is 8.42 Å². The van der Waals surface area contributed by atoms with Gasteiger partial charge in [-0.3, -0.25) is 0 Å². The molecule has 2 aromatic carbocycles. The fourth-order valence-corrected chi connectivity index (χ4v) is 3.46. The Labute approximate surface area is 123 Å². The standard InChI is InChI=1S/C14H15ClN2O2S/c1-10-5-7-11(8-6-10)9-17-20(18,19)14-12(15)3-2-4-13(14)16/h2-8,17H,9,16H2,1H3. The first-order valence-electron chi connectivity index (χ1n) is 5.99. The highest BCUT2D eigenvalue weighted by atomic mass is 35.5. The zero-order chi connectivity index (χ0) is 14.8. The van der Waals surface area contributed by atoms with E-state index >= 15 is 0 Å². The molecule has 0 aromatic heterocycles. The number of sulfonamides is 1. The molecule has 0 saturated carbocycles. The Morgan fingerprint density at radius 1 is 1.15 bits per heavy atom. The average Bonchev–Trinajstić information content (AvgIpc) is 2.37. The number of nitrogens with one attached hydrogen (secondary N) is 1. The van der Waals surface area contributed by atoms with E-state index in [1.165, 1.54) is 12.1 Å². The molecule has 0 amide bonds. The Bertz CT molecular complexity index is 692. The number of aryl methyl sites for hydroxylation is 1. The van der Waals surface area contributed by atoms with Gasteiger partial charge in [-0.05, 0) is 24.6 Å². The topological polar surface area (TPSA) is 72.2 Å². The van der Waals surface area contributed by atoms with Crippen molar-refractivity contribution in [3.8, 4) is 0 Å². The second-order valence-electron chi connectivity index (χ2n) is 4.47. The Kier molecular flexibility index (Phi) is 4.32. The van der Waals surface area contributed by atoms with Crippen molar-refractivity contribution in [2.75, 3.05) is 5.73 Å². The van der Waals surface area contributed by atoms with E-state index in [9.17, 15) is 8.42 Å². The van der Waals surface area contributed by atoms with E-state index in [2.05, 4.69) is 4.72 Å². The number of hydrogen-bond acceptors (Lipinski definition) is 3. The molecule has 0 bridgehead atoms. The van der Waals surface area contributed by atoms with E-state index in [-0.39, 0.29) is 22.2 Å². The van der Waals surface area contributed by atoms with Crippen LogP contribution in [0.5, 0.6) is 0 Å². The molecule has 2 aromatic rings. The summed E-state index contributed by atoms with van der Waals surface area (Å²) in [5.41, 5.74) is 7.81. The molecule has 4 nitrogen and oxygen atoms in total. The molecular weight excluding hydrogens is 296 g/mol. The number of hydrogen-bond donors (Lipinski definition) is 2. The van der Waals surface area contributed by atoms with Crippen molar-refractivity contribution in [1.29, 1.82) is 0 Å². The summed E-state index contributed by atoms with van der Waals surface area (Å²) >= 11 is 5.92. The fraction of sp³-hybridized carbons (Fsp3) is 0.143. The maximum absolute atomic E-state index is 12.2. The first-order chi connectivity index (χ1) is 9.40. The monoisotopic (exact) mass is 310 g/mol. The lowest BCUT2D eigenvalue weighted by molar-refractivity contribution is 0.582. The predicted molar refractivity (Wildman–Crippen MR) is 81.1 cm³/mol. The van der Waals surface area contributed by atoms with E-state index in [0.29, 0.717) is 0 Å². The Balaban J connectivity index is 2.22. The van der Waals surface area contributed by atoms with Gasteiger partial charge in [0.05, 0.1) is 10.7 Å². The van der Waals surface area contributed by atoms with Crippen molar-refractivity contribution < 1.29 is 8.42 Å². The first-order valence-corrected chi connectivity index (χ1v) is 7.85. The number of nitrogens with two attached hydrogens (primary N) is 1. The molecule has 0 heterocycles. The van der Waals surface area contributed by atoms with Crippen LogP contribution < -0.4 is 10.5 Å². The van der Waals surface area contributed by atoms with E-state index in [4.69, 9.17) is 17.3 Å². The van der Waals surface area contributed by atoms with Crippen molar-refractivity contribution in [3.05, 3.63) is 58.6 Å². The van der Waals surface area contributed by atoms with Crippen LogP contribution in [0.1, 0.15) is 11.1 Å². The van der Waals surface area contributed by atoms with Crippen molar-refractivity contribution in [2.24, 2.45) is 0 Å². The minimum absolute atomic E-state index is 0.0752. The van der Waals surface area contributed by atoms with Gasteiger partial charge in [-0.15, -0.1) is 0 Å². The van der Waals surface area contributed by atoms with Crippen LogP contribution in [0.4, 0.5) is 5.69 Å². The number of halogens is 1. The molecule has 0 aliphatic rings. The van der Waals surface area contributed by atoms with Crippen LogP contribution in [-0.2, 0) is 16.6 Å². The minimum atomic E-state index is -3.74. The SMILES string of the molecule is Cc1ccc(CNS(=O)(=O)c2c(N)cccc2Cl)cc1. The number of anilines is 1. The lowest BCUT2D eigenvalue weighted by Crippen LogP contribution is -2.24. The molecule has 0 radical (unpaired) electrons. The quantitative estimate of drug-likeness (QED) is 0.853. The lowest BCUT2D eigenvalue weighted by Gasteiger charge is -2.10. The second kappa shape index (κ2) is 5.83. The average molecular weight is 311 g/mol. The third-order valence-corrected chi connectivity index (χ3v) is 4.80. The van der Waals surface area contributed by atoms with Crippen LogP contribution in [0.15, 0.2) is 47.4 Å². The smallest absolute Gasteiger partial charge is 0.244 e. The highest BCUT2D eigenvalue weighted by molar-refractivity contribution is 7.89. The summed E-state index contributed by atoms with van der Waals surface area (Å²) in [5, 5.41) is 0.112. The summed E-state index contributed by atoms with van der Waals surface area (Å²) in [6.45, 7) is 2.16. The van der Waals surface area contributed by atoms with Gasteiger partial charge >= 0.3 is 0 Å². The summed E-state index contributed by atoms with van der Waals surface area (Å²) in [4.78, 5) is -0.0752. The van der Waals surface area contributed by atoms with E-state index < -0.39 is 10.0 Å². The number of benzene rings is 2. The number of nitrogen functional groups attached to an aromatic ring is 1. The van der Waals surface area contributed by atoms with Gasteiger partial charge in [0.25, 0.3) is 0 Å². The molecule has 20 heavy (non-hydrogen) atoms. The van der Waals surface area contributed by atoms with Gasteiger partial charge in [-0.2, -0.15) is 0 Å². The normalized spacial score (nSPS) is 11.5. The molecule has 0 fully saturated rings. The highest BCUT2D eigenvalue weighted by Crippen LogP contribution is 2.26. The molecule has 0 aliphatic carbocycles. The Morgan fingerprint density at radius 2 is 1.80 bits per heavy atom. The summed E-state index contributed by atoms with van der Waals surface area (Å²) in [6.07, 6.45) is 0. The van der Waals surface area contributed by atoms with Gasteiger partial charge in [0, 0.05) is 6.54 Å². The van der Waals surface area contributed by atoms with Gasteiger partial charge < -0.3 is 5.73 Å². The predicted octanol–water partition coefficient (Wildman–Crippen LogP) is 2.71. The molecule has 0 unspecified atom stereocenters. The first kappa shape index (κ1) is 14.8. The van der Waals surface area contributed by atoms with E-state index in [0.717, 1.165) is 11.1 Å². The third kappa shape index (κ3) is 3.30. The minimum Gasteiger partial charge on any atom is -0.398 e. The maximum Gasteiger partial charge on any atom is 0.244 e. The third-order valence-electron chi connectivity index (χ3n) is 2.85. The molecule has 0 saturated heterocycles. The Hall–Kier alpha value is -1.56. The highest BCUT2D eigenvalue weighted by Gasteiger charge is 2.20. The van der Waals surface area contributed by atoms with Crippen LogP contribution in [0.25, 0.3) is 0 Å². The lowest BCUT2D eigenvalue weighted by atomic mass is 10.2. The van der Waals surface area contributed by atoms with Crippen LogP contribution >= 0.6 is 11.6 Å². The molecular formula is C14H15ClN2O2S. The summed E-state index contributed by atoms with van der Waals surface area (Å²) < 4.78 is 27.0. The van der Waals surface area contributed by atoms with Crippen molar-refractivity contribution in [3.63, 3.8) is 0 Å².